The van der Waals surface area contributed by atoms with Gasteiger partial charge in [0.25, 0.3) is 5.91 Å². The second kappa shape index (κ2) is 10.4. The second-order valence-corrected chi connectivity index (χ2v) is 11.5. The minimum atomic E-state index is -3.14. The molecule has 164 valence electrons. The number of nitrogens with zero attached hydrogens (tertiary/aromatic N) is 1. The van der Waals surface area contributed by atoms with E-state index in [9.17, 15) is 13.2 Å². The van der Waals surface area contributed by atoms with Crippen LogP contribution >= 0.6 is 34.5 Å². The van der Waals surface area contributed by atoms with Crippen molar-refractivity contribution < 1.29 is 17.9 Å². The fraction of sp³-hybridized carbons (Fsp3) is 0.476. The van der Waals surface area contributed by atoms with Gasteiger partial charge in [-0.2, -0.15) is 0 Å². The summed E-state index contributed by atoms with van der Waals surface area (Å²) in [5.41, 5.74) is 0.326. The molecule has 1 aromatic carbocycles. The third kappa shape index (κ3) is 5.90. The number of carbonyl (C=O) groups is 1. The highest BCUT2D eigenvalue weighted by Crippen LogP contribution is 2.35. The van der Waals surface area contributed by atoms with Crippen molar-refractivity contribution in [2.45, 2.75) is 45.2 Å². The fourth-order valence-corrected chi connectivity index (χ4v) is 6.50. The minimum absolute atomic E-state index is 0.0236. The molecule has 5 nitrogen and oxygen atoms in total. The van der Waals surface area contributed by atoms with Crippen LogP contribution in [0, 0.1) is 0 Å². The first-order chi connectivity index (χ1) is 14.3. The van der Waals surface area contributed by atoms with E-state index in [1.54, 1.807) is 17.0 Å². The lowest BCUT2D eigenvalue weighted by atomic mass is 10.1. The molecule has 3 rings (SSSR count). The number of unbranched alkanes of at least 4 members (excludes halogenated alkanes) is 2. The van der Waals surface area contributed by atoms with Crippen molar-refractivity contribution in [2.75, 3.05) is 18.1 Å². The lowest BCUT2D eigenvalue weighted by Gasteiger charge is -2.28. The molecule has 9 heteroatoms. The molecule has 0 radical (unpaired) electrons. The minimum Gasteiger partial charge on any atom is -0.490 e. The highest BCUT2D eigenvalue weighted by Gasteiger charge is 2.35. The largest absolute Gasteiger partial charge is 0.490 e. The summed E-state index contributed by atoms with van der Waals surface area (Å²) in [5, 5.41) is 2.48. The van der Waals surface area contributed by atoms with Crippen molar-refractivity contribution in [3.63, 3.8) is 0 Å². The highest BCUT2D eigenvalue weighted by molar-refractivity contribution is 7.91. The van der Waals surface area contributed by atoms with E-state index in [1.165, 1.54) is 11.3 Å². The summed E-state index contributed by atoms with van der Waals surface area (Å²) in [5.74, 6) is 0.161. The van der Waals surface area contributed by atoms with E-state index < -0.39 is 9.84 Å². The van der Waals surface area contributed by atoms with E-state index >= 15 is 0 Å². The van der Waals surface area contributed by atoms with Crippen LogP contribution in [-0.2, 0) is 16.4 Å². The van der Waals surface area contributed by atoms with E-state index in [0.29, 0.717) is 30.9 Å². The molecule has 1 aliphatic rings. The molecule has 30 heavy (non-hydrogen) atoms. The molecule has 1 aromatic heterocycles. The first-order valence-electron chi connectivity index (χ1n) is 9.96. The molecule has 1 saturated heterocycles. The monoisotopic (exact) mass is 489 g/mol. The number of halogens is 2. The Hall–Kier alpha value is -1.28. The Morgan fingerprint density at radius 2 is 2.00 bits per heavy atom. The quantitative estimate of drug-likeness (QED) is 0.439. The zero-order valence-electron chi connectivity index (χ0n) is 16.8. The molecule has 1 aliphatic heterocycles. The van der Waals surface area contributed by atoms with Crippen molar-refractivity contribution >= 4 is 50.3 Å². The lowest BCUT2D eigenvalue weighted by Crippen LogP contribution is -2.40. The molecule has 0 spiro atoms. The van der Waals surface area contributed by atoms with Gasteiger partial charge in [-0.25, -0.2) is 8.42 Å². The first kappa shape index (κ1) is 23.4. The molecule has 1 fully saturated rings. The normalized spacial score (nSPS) is 17.8. The van der Waals surface area contributed by atoms with Crippen LogP contribution in [0.5, 0.6) is 5.75 Å². The summed E-state index contributed by atoms with van der Waals surface area (Å²) < 4.78 is 29.7. The Morgan fingerprint density at radius 3 is 2.57 bits per heavy atom. The van der Waals surface area contributed by atoms with Crippen molar-refractivity contribution in [1.29, 1.82) is 0 Å². The van der Waals surface area contributed by atoms with Crippen LogP contribution in [0.2, 0.25) is 10.0 Å². The van der Waals surface area contributed by atoms with Crippen LogP contribution in [0.3, 0.4) is 0 Å². The number of thiophene rings is 1. The van der Waals surface area contributed by atoms with Gasteiger partial charge in [-0.1, -0.05) is 49.0 Å². The maximum absolute atomic E-state index is 13.4. The van der Waals surface area contributed by atoms with Gasteiger partial charge in [0, 0.05) is 16.5 Å². The molecule has 0 N–H and O–H groups in total. The molecule has 0 saturated carbocycles. The maximum Gasteiger partial charge on any atom is 0.254 e. The van der Waals surface area contributed by atoms with Gasteiger partial charge in [0.2, 0.25) is 0 Å². The Balaban J connectivity index is 1.83. The lowest BCUT2D eigenvalue weighted by molar-refractivity contribution is 0.0683. The number of hydrogen-bond acceptors (Lipinski definition) is 5. The highest BCUT2D eigenvalue weighted by atomic mass is 35.5. The van der Waals surface area contributed by atoms with Crippen LogP contribution in [-0.4, -0.2) is 43.4 Å². The summed E-state index contributed by atoms with van der Waals surface area (Å²) in [6.45, 7) is 2.96. The predicted molar refractivity (Wildman–Crippen MR) is 123 cm³/mol. The third-order valence-electron chi connectivity index (χ3n) is 5.06. The van der Waals surface area contributed by atoms with Gasteiger partial charge in [0.1, 0.15) is 0 Å². The Kier molecular flexibility index (Phi) is 8.07. The number of carbonyl (C=O) groups excluding carboxylic acids is 1. The molecular formula is C21H25Cl2NO4S2. The topological polar surface area (TPSA) is 63.7 Å². The van der Waals surface area contributed by atoms with Crippen molar-refractivity contribution in [2.24, 2.45) is 0 Å². The summed E-state index contributed by atoms with van der Waals surface area (Å²) in [4.78, 5) is 16.0. The van der Waals surface area contributed by atoms with Gasteiger partial charge >= 0.3 is 0 Å². The van der Waals surface area contributed by atoms with Crippen LogP contribution in [0.25, 0.3) is 0 Å². The SMILES string of the molecule is CCCCCOc1c(Cl)cc(C(=O)N(Cc2cccs2)[C@@H]2CCS(=O)(=O)C2)cc1Cl. The number of rotatable bonds is 9. The number of benzene rings is 1. The number of ether oxygens (including phenoxy) is 1. The maximum atomic E-state index is 13.4. The zero-order chi connectivity index (χ0) is 21.7. The van der Waals surface area contributed by atoms with E-state index in [0.717, 1.165) is 24.1 Å². The molecule has 1 atom stereocenters. The van der Waals surface area contributed by atoms with E-state index in [4.69, 9.17) is 27.9 Å². The Morgan fingerprint density at radius 1 is 1.27 bits per heavy atom. The predicted octanol–water partition coefficient (Wildman–Crippen LogP) is 5.45. The van der Waals surface area contributed by atoms with Gasteiger partial charge < -0.3 is 9.64 Å². The van der Waals surface area contributed by atoms with Gasteiger partial charge in [-0.05, 0) is 36.4 Å². The first-order valence-corrected chi connectivity index (χ1v) is 13.4. The van der Waals surface area contributed by atoms with Crippen LogP contribution in [0.4, 0.5) is 0 Å². The Bertz CT molecular complexity index is 954. The van der Waals surface area contributed by atoms with Gasteiger partial charge in [0.15, 0.2) is 15.6 Å². The second-order valence-electron chi connectivity index (χ2n) is 7.39. The van der Waals surface area contributed by atoms with Crippen molar-refractivity contribution in [3.8, 4) is 5.75 Å². The molecule has 1 amide bonds. The van der Waals surface area contributed by atoms with Crippen molar-refractivity contribution in [3.05, 3.63) is 50.1 Å². The van der Waals surface area contributed by atoms with Crippen molar-refractivity contribution in [1.82, 2.24) is 4.90 Å². The standard InChI is InChI=1S/C21H25Cl2NO4S2/c1-2-3-4-8-28-20-18(22)11-15(12-19(20)23)21(25)24(13-17-6-5-9-29-17)16-7-10-30(26,27)14-16/h5-6,9,11-12,16H,2-4,7-8,10,13-14H2,1H3/t16-/m1/s1. The van der Waals surface area contributed by atoms with Crippen LogP contribution in [0.15, 0.2) is 29.6 Å². The molecule has 2 aromatic rings. The summed E-state index contributed by atoms with van der Waals surface area (Å²) in [7, 11) is -3.14. The third-order valence-corrected chi connectivity index (χ3v) is 8.23. The molecule has 0 aliphatic carbocycles. The Labute approximate surface area is 191 Å². The zero-order valence-corrected chi connectivity index (χ0v) is 19.9. The van der Waals surface area contributed by atoms with E-state index in [-0.39, 0.29) is 33.5 Å². The molecule has 2 heterocycles. The van der Waals surface area contributed by atoms with Crippen LogP contribution < -0.4 is 4.74 Å². The number of sulfone groups is 1. The molecule has 0 bridgehead atoms. The van der Waals surface area contributed by atoms with Gasteiger partial charge in [-0.3, -0.25) is 4.79 Å². The molecule has 0 unspecified atom stereocenters. The van der Waals surface area contributed by atoms with Crippen LogP contribution in [0.1, 0.15) is 47.8 Å². The summed E-state index contributed by atoms with van der Waals surface area (Å²) >= 11 is 14.3. The summed E-state index contributed by atoms with van der Waals surface area (Å²) in [6.07, 6.45) is 3.46. The van der Waals surface area contributed by atoms with Gasteiger partial charge in [-0.15, -0.1) is 11.3 Å². The molecular weight excluding hydrogens is 465 g/mol. The van der Waals surface area contributed by atoms with E-state index in [2.05, 4.69) is 6.92 Å². The van der Waals surface area contributed by atoms with Gasteiger partial charge in [0.05, 0.1) is 34.7 Å². The average molecular weight is 490 g/mol. The number of amides is 1. The summed E-state index contributed by atoms with van der Waals surface area (Å²) in [6, 6.07) is 6.58. The fourth-order valence-electron chi connectivity index (χ4n) is 3.47. The van der Waals surface area contributed by atoms with E-state index in [1.807, 2.05) is 17.5 Å². The number of hydrogen-bond donors (Lipinski definition) is 0. The smallest absolute Gasteiger partial charge is 0.254 e. The average Bonchev–Trinajstić information content (AvgIpc) is 3.33.